The van der Waals surface area contributed by atoms with Crippen LogP contribution in [0.2, 0.25) is 5.15 Å². The van der Waals surface area contributed by atoms with Gasteiger partial charge in [0.2, 0.25) is 0 Å². The lowest BCUT2D eigenvalue weighted by Gasteiger charge is -2.13. The van der Waals surface area contributed by atoms with E-state index in [0.717, 1.165) is 35.4 Å². The minimum atomic E-state index is 0.745. The Morgan fingerprint density at radius 3 is 2.44 bits per heavy atom. The van der Waals surface area contributed by atoms with E-state index < -0.39 is 0 Å². The molecule has 1 aromatic heterocycles. The van der Waals surface area contributed by atoms with E-state index in [2.05, 4.69) is 24.3 Å². The second-order valence-electron chi connectivity index (χ2n) is 4.29. The average molecular weight is 244 g/mol. The minimum absolute atomic E-state index is 0.745. The molecule has 16 heavy (non-hydrogen) atoms. The lowest BCUT2D eigenvalue weighted by Crippen LogP contribution is -2.22. The molecule has 0 bridgehead atoms. The zero-order chi connectivity index (χ0) is 12.1. The van der Waals surface area contributed by atoms with Crippen LogP contribution in [0.3, 0.4) is 0 Å². The smallest absolute Gasteiger partial charge is 0.131 e. The predicted molar refractivity (Wildman–Crippen MR) is 68.7 cm³/mol. The van der Waals surface area contributed by atoms with Crippen molar-refractivity contribution in [2.75, 3.05) is 6.54 Å². The molecule has 0 radical (unpaired) electrons. The van der Waals surface area contributed by atoms with Crippen molar-refractivity contribution in [3.05, 3.63) is 16.4 Å². The number of rotatable bonds is 6. The van der Waals surface area contributed by atoms with Crippen molar-refractivity contribution >= 4 is 11.6 Å². The molecule has 4 heteroatoms. The summed E-state index contributed by atoms with van der Waals surface area (Å²) in [5.41, 5.74) is 2.14. The normalized spacial score (nSPS) is 11.4. The standard InChI is InChI=1S/C12H22ClN3/c1-5-10(6-2)7-14-8-11-9(3)15-16(4)12(11)13/h10,14H,5-8H2,1-4H3. The van der Waals surface area contributed by atoms with Crippen molar-refractivity contribution in [2.24, 2.45) is 13.0 Å². The van der Waals surface area contributed by atoms with Crippen molar-refractivity contribution in [1.82, 2.24) is 15.1 Å². The van der Waals surface area contributed by atoms with Gasteiger partial charge in [-0.2, -0.15) is 5.10 Å². The Kier molecular flexibility index (Phi) is 5.29. The number of hydrogen-bond donors (Lipinski definition) is 1. The van der Waals surface area contributed by atoms with Crippen LogP contribution in [0.5, 0.6) is 0 Å². The molecule has 0 spiro atoms. The van der Waals surface area contributed by atoms with Gasteiger partial charge in [-0.25, -0.2) is 0 Å². The molecule has 0 unspecified atom stereocenters. The number of halogens is 1. The van der Waals surface area contributed by atoms with Gasteiger partial charge < -0.3 is 5.32 Å². The highest BCUT2D eigenvalue weighted by molar-refractivity contribution is 6.30. The molecule has 0 aromatic carbocycles. The zero-order valence-electron chi connectivity index (χ0n) is 10.7. The highest BCUT2D eigenvalue weighted by atomic mass is 35.5. The summed E-state index contributed by atoms with van der Waals surface area (Å²) in [6.45, 7) is 8.34. The van der Waals surface area contributed by atoms with Crippen LogP contribution in [0.4, 0.5) is 0 Å². The molecule has 0 aliphatic rings. The first kappa shape index (κ1) is 13.5. The maximum Gasteiger partial charge on any atom is 0.131 e. The minimum Gasteiger partial charge on any atom is -0.312 e. The Morgan fingerprint density at radius 1 is 1.38 bits per heavy atom. The first-order valence-electron chi connectivity index (χ1n) is 5.98. The SMILES string of the molecule is CCC(CC)CNCc1c(C)nn(C)c1Cl. The molecule has 0 aliphatic carbocycles. The van der Waals surface area contributed by atoms with Crippen molar-refractivity contribution < 1.29 is 0 Å². The fourth-order valence-electron chi connectivity index (χ4n) is 1.85. The summed E-state index contributed by atoms with van der Waals surface area (Å²) < 4.78 is 1.73. The van der Waals surface area contributed by atoms with Gasteiger partial charge in [0.1, 0.15) is 5.15 Å². The highest BCUT2D eigenvalue weighted by Gasteiger charge is 2.11. The molecule has 1 N–H and O–H groups in total. The molecule has 1 rings (SSSR count). The lowest BCUT2D eigenvalue weighted by atomic mass is 10.0. The van der Waals surface area contributed by atoms with Gasteiger partial charge in [-0.05, 0) is 19.4 Å². The fraction of sp³-hybridized carbons (Fsp3) is 0.750. The van der Waals surface area contributed by atoms with Crippen molar-refractivity contribution in [3.8, 4) is 0 Å². The van der Waals surface area contributed by atoms with Gasteiger partial charge in [0.25, 0.3) is 0 Å². The first-order chi connectivity index (χ1) is 7.60. The number of aromatic nitrogens is 2. The van der Waals surface area contributed by atoms with E-state index in [4.69, 9.17) is 11.6 Å². The molecule has 92 valence electrons. The summed E-state index contributed by atoms with van der Waals surface area (Å²) in [5.74, 6) is 0.760. The summed E-state index contributed by atoms with van der Waals surface area (Å²) in [7, 11) is 1.87. The van der Waals surface area contributed by atoms with E-state index in [1.54, 1.807) is 4.68 Å². The third kappa shape index (κ3) is 3.22. The Balaban J connectivity index is 2.48. The molecular formula is C12H22ClN3. The second kappa shape index (κ2) is 6.26. The number of nitrogens with zero attached hydrogens (tertiary/aromatic N) is 2. The third-order valence-corrected chi connectivity index (χ3v) is 3.63. The lowest BCUT2D eigenvalue weighted by molar-refractivity contribution is 0.449. The van der Waals surface area contributed by atoms with Gasteiger partial charge in [-0.3, -0.25) is 4.68 Å². The zero-order valence-corrected chi connectivity index (χ0v) is 11.4. The first-order valence-corrected chi connectivity index (χ1v) is 6.36. The quantitative estimate of drug-likeness (QED) is 0.833. The van der Waals surface area contributed by atoms with Crippen LogP contribution in [0, 0.1) is 12.8 Å². The summed E-state index contributed by atoms with van der Waals surface area (Å²) in [6.07, 6.45) is 2.45. The maximum absolute atomic E-state index is 6.16. The van der Waals surface area contributed by atoms with Crippen LogP contribution < -0.4 is 5.32 Å². The molecule has 1 heterocycles. The number of aryl methyl sites for hydroxylation is 2. The Morgan fingerprint density at radius 2 is 2.00 bits per heavy atom. The van der Waals surface area contributed by atoms with Gasteiger partial charge in [-0.1, -0.05) is 38.3 Å². The molecule has 0 aliphatic heterocycles. The molecule has 0 saturated heterocycles. The molecule has 0 fully saturated rings. The summed E-state index contributed by atoms with van der Waals surface area (Å²) in [4.78, 5) is 0. The van der Waals surface area contributed by atoms with E-state index in [-0.39, 0.29) is 0 Å². The van der Waals surface area contributed by atoms with Crippen LogP contribution in [0.15, 0.2) is 0 Å². The van der Waals surface area contributed by atoms with Gasteiger partial charge in [0.05, 0.1) is 5.69 Å². The highest BCUT2D eigenvalue weighted by Crippen LogP contribution is 2.18. The van der Waals surface area contributed by atoms with E-state index in [1.165, 1.54) is 12.8 Å². The van der Waals surface area contributed by atoms with E-state index in [9.17, 15) is 0 Å². The summed E-state index contributed by atoms with van der Waals surface area (Å²) in [6, 6.07) is 0. The van der Waals surface area contributed by atoms with Crippen LogP contribution in [0.1, 0.15) is 37.9 Å². The van der Waals surface area contributed by atoms with Gasteiger partial charge in [0, 0.05) is 19.2 Å². The topological polar surface area (TPSA) is 29.9 Å². The van der Waals surface area contributed by atoms with Crippen molar-refractivity contribution in [2.45, 2.75) is 40.2 Å². The number of hydrogen-bond acceptors (Lipinski definition) is 2. The largest absolute Gasteiger partial charge is 0.312 e. The summed E-state index contributed by atoms with van der Waals surface area (Å²) in [5, 5.41) is 8.50. The molecular weight excluding hydrogens is 222 g/mol. The molecule has 0 saturated carbocycles. The van der Waals surface area contributed by atoms with E-state index >= 15 is 0 Å². The molecule has 1 aromatic rings. The van der Waals surface area contributed by atoms with Gasteiger partial charge in [-0.15, -0.1) is 0 Å². The van der Waals surface area contributed by atoms with E-state index in [1.807, 2.05) is 14.0 Å². The fourth-order valence-corrected chi connectivity index (χ4v) is 2.09. The molecule has 0 atom stereocenters. The predicted octanol–water partition coefficient (Wildman–Crippen LogP) is 2.91. The number of nitrogens with one attached hydrogen (secondary N) is 1. The summed E-state index contributed by atoms with van der Waals surface area (Å²) >= 11 is 6.16. The maximum atomic E-state index is 6.16. The Hall–Kier alpha value is -0.540. The van der Waals surface area contributed by atoms with Crippen LogP contribution in [0.25, 0.3) is 0 Å². The van der Waals surface area contributed by atoms with E-state index in [0.29, 0.717) is 0 Å². The second-order valence-corrected chi connectivity index (χ2v) is 4.65. The monoisotopic (exact) mass is 243 g/mol. The van der Waals surface area contributed by atoms with Crippen molar-refractivity contribution in [3.63, 3.8) is 0 Å². The van der Waals surface area contributed by atoms with Crippen LogP contribution in [-0.4, -0.2) is 16.3 Å². The van der Waals surface area contributed by atoms with Crippen LogP contribution in [-0.2, 0) is 13.6 Å². The van der Waals surface area contributed by atoms with Crippen molar-refractivity contribution in [1.29, 1.82) is 0 Å². The van der Waals surface area contributed by atoms with Gasteiger partial charge in [0.15, 0.2) is 0 Å². The average Bonchev–Trinajstić information content (AvgIpc) is 2.50. The molecule has 3 nitrogen and oxygen atoms in total. The third-order valence-electron chi connectivity index (χ3n) is 3.16. The van der Waals surface area contributed by atoms with Crippen LogP contribution >= 0.6 is 11.6 Å². The Labute approximate surface area is 103 Å². The Bertz CT molecular complexity index is 329. The molecule has 0 amide bonds. The van der Waals surface area contributed by atoms with Gasteiger partial charge >= 0.3 is 0 Å².